The van der Waals surface area contributed by atoms with Crippen LogP contribution >= 0.6 is 27.5 Å². The highest BCUT2D eigenvalue weighted by Gasteiger charge is 2.32. The van der Waals surface area contributed by atoms with Gasteiger partial charge in [0.05, 0.1) is 15.2 Å². The maximum atomic E-state index is 14.0. The van der Waals surface area contributed by atoms with Crippen molar-refractivity contribution in [1.29, 1.82) is 0 Å². The lowest BCUT2D eigenvalue weighted by Crippen LogP contribution is -2.29. The number of hydrogen-bond acceptors (Lipinski definition) is 3. The summed E-state index contributed by atoms with van der Waals surface area (Å²) in [6.45, 7) is 0.384. The van der Waals surface area contributed by atoms with Crippen molar-refractivity contribution in [2.75, 3.05) is 19.3 Å². The number of nitrogens with two attached hydrogens (primary N) is 1. The van der Waals surface area contributed by atoms with Crippen molar-refractivity contribution in [2.24, 2.45) is 5.92 Å². The van der Waals surface area contributed by atoms with Crippen LogP contribution in [-0.2, 0) is 10.0 Å². The van der Waals surface area contributed by atoms with Gasteiger partial charge >= 0.3 is 0 Å². The molecule has 0 aromatic heterocycles. The van der Waals surface area contributed by atoms with Gasteiger partial charge in [-0.3, -0.25) is 0 Å². The topological polar surface area (TPSA) is 63.4 Å². The lowest BCUT2D eigenvalue weighted by molar-refractivity contribution is 0.447. The molecule has 2 rings (SSSR count). The van der Waals surface area contributed by atoms with E-state index in [2.05, 4.69) is 15.9 Å². The highest BCUT2D eigenvalue weighted by atomic mass is 79.9. The predicted octanol–water partition coefficient (Wildman–Crippen LogP) is 2.85. The summed E-state index contributed by atoms with van der Waals surface area (Å²) in [4.78, 5) is -0.485. The first-order chi connectivity index (χ1) is 8.75. The fourth-order valence-corrected chi connectivity index (χ4v) is 3.63. The van der Waals surface area contributed by atoms with Crippen molar-refractivity contribution in [3.05, 3.63) is 21.4 Å². The monoisotopic (exact) mass is 370 g/mol. The molecule has 1 fully saturated rings. The van der Waals surface area contributed by atoms with E-state index in [1.807, 2.05) is 0 Å². The molecule has 0 amide bonds. The molecular formula is C11H13BrClFN2O2S. The number of hydrogen-bond donors (Lipinski definition) is 1. The van der Waals surface area contributed by atoms with E-state index in [0.717, 1.165) is 23.2 Å². The summed E-state index contributed by atoms with van der Waals surface area (Å²) in [6, 6.07) is 1.08. The van der Waals surface area contributed by atoms with Gasteiger partial charge in [-0.2, -0.15) is 0 Å². The van der Waals surface area contributed by atoms with Crippen LogP contribution in [-0.4, -0.2) is 26.3 Å². The van der Waals surface area contributed by atoms with Gasteiger partial charge in [-0.1, -0.05) is 11.6 Å². The Hall–Kier alpha value is -0.370. The van der Waals surface area contributed by atoms with Gasteiger partial charge in [0, 0.05) is 13.6 Å². The maximum absolute atomic E-state index is 14.0. The molecule has 1 saturated carbocycles. The average Bonchev–Trinajstić information content (AvgIpc) is 3.14. The first-order valence-corrected chi connectivity index (χ1v) is 8.25. The van der Waals surface area contributed by atoms with E-state index in [1.165, 1.54) is 7.05 Å². The van der Waals surface area contributed by atoms with E-state index < -0.39 is 20.7 Å². The van der Waals surface area contributed by atoms with Crippen LogP contribution in [0.5, 0.6) is 0 Å². The first-order valence-electron chi connectivity index (χ1n) is 5.64. The van der Waals surface area contributed by atoms with Crippen molar-refractivity contribution in [3.8, 4) is 0 Å². The standard InChI is InChI=1S/C11H13BrClFN2O2S/c1-16(5-6-2-3-6)19(17,18)8-4-7(13)9(12)11(15)10(8)14/h4,6H,2-3,5,15H2,1H3. The lowest BCUT2D eigenvalue weighted by atomic mass is 10.3. The zero-order valence-electron chi connectivity index (χ0n) is 10.2. The number of nitrogen functional groups attached to an aromatic ring is 1. The minimum absolute atomic E-state index is 0.0669. The highest BCUT2D eigenvalue weighted by molar-refractivity contribution is 9.10. The second-order valence-electron chi connectivity index (χ2n) is 4.63. The average molecular weight is 372 g/mol. The van der Waals surface area contributed by atoms with Gasteiger partial charge < -0.3 is 5.73 Å². The fourth-order valence-electron chi connectivity index (χ4n) is 1.72. The van der Waals surface area contributed by atoms with Crippen LogP contribution in [0.3, 0.4) is 0 Å². The molecule has 8 heteroatoms. The van der Waals surface area contributed by atoms with Crippen LogP contribution in [0.15, 0.2) is 15.4 Å². The van der Waals surface area contributed by atoms with Crippen LogP contribution in [0.2, 0.25) is 5.02 Å². The summed E-state index contributed by atoms with van der Waals surface area (Å²) in [5.74, 6) is -0.606. The Morgan fingerprint density at radius 2 is 2.16 bits per heavy atom. The van der Waals surface area contributed by atoms with Gasteiger partial charge in [0.1, 0.15) is 4.90 Å². The Morgan fingerprint density at radius 3 is 2.68 bits per heavy atom. The van der Waals surface area contributed by atoms with Crippen molar-refractivity contribution < 1.29 is 12.8 Å². The Kier molecular flexibility index (Phi) is 4.11. The molecule has 0 radical (unpaired) electrons. The molecule has 0 aliphatic heterocycles. The molecule has 1 aromatic rings. The molecular weight excluding hydrogens is 359 g/mol. The zero-order chi connectivity index (χ0) is 14.4. The number of benzene rings is 1. The van der Waals surface area contributed by atoms with Gasteiger partial charge in [0.25, 0.3) is 0 Å². The molecule has 0 bridgehead atoms. The number of sulfonamides is 1. The molecule has 1 aliphatic carbocycles. The van der Waals surface area contributed by atoms with E-state index in [4.69, 9.17) is 17.3 Å². The van der Waals surface area contributed by atoms with Crippen LogP contribution in [0.4, 0.5) is 10.1 Å². The van der Waals surface area contributed by atoms with E-state index in [9.17, 15) is 12.8 Å². The van der Waals surface area contributed by atoms with Crippen LogP contribution in [0.1, 0.15) is 12.8 Å². The molecule has 0 atom stereocenters. The number of halogens is 3. The third-order valence-corrected chi connectivity index (χ3v) is 6.26. The van der Waals surface area contributed by atoms with Crippen molar-refractivity contribution in [1.82, 2.24) is 4.31 Å². The number of nitrogens with zero attached hydrogens (tertiary/aromatic N) is 1. The minimum atomic E-state index is -3.91. The Labute approximate surface area is 124 Å². The van der Waals surface area contributed by atoms with Gasteiger partial charge in [-0.05, 0) is 40.8 Å². The third kappa shape index (κ3) is 2.89. The van der Waals surface area contributed by atoms with Crippen molar-refractivity contribution >= 4 is 43.2 Å². The molecule has 0 unspecified atom stereocenters. The molecule has 4 nitrogen and oxygen atoms in total. The van der Waals surface area contributed by atoms with Crippen LogP contribution < -0.4 is 5.73 Å². The normalized spacial score (nSPS) is 16.1. The molecule has 1 aliphatic rings. The number of anilines is 1. The third-order valence-electron chi connectivity index (χ3n) is 3.06. The van der Waals surface area contributed by atoms with Crippen LogP contribution in [0, 0.1) is 11.7 Å². The first kappa shape index (κ1) is 15.0. The maximum Gasteiger partial charge on any atom is 0.245 e. The highest BCUT2D eigenvalue weighted by Crippen LogP contribution is 2.36. The largest absolute Gasteiger partial charge is 0.395 e. The number of rotatable bonds is 4. The predicted molar refractivity (Wildman–Crippen MR) is 76.1 cm³/mol. The summed E-state index contributed by atoms with van der Waals surface area (Å²) < 4.78 is 39.9. The summed E-state index contributed by atoms with van der Waals surface area (Å²) in [7, 11) is -2.48. The summed E-state index contributed by atoms with van der Waals surface area (Å²) >= 11 is 8.86. The minimum Gasteiger partial charge on any atom is -0.395 e. The van der Waals surface area contributed by atoms with Crippen molar-refractivity contribution in [3.63, 3.8) is 0 Å². The zero-order valence-corrected chi connectivity index (χ0v) is 13.3. The molecule has 19 heavy (non-hydrogen) atoms. The Balaban J connectivity index is 2.45. The molecule has 2 N–H and O–H groups in total. The molecule has 1 aromatic carbocycles. The SMILES string of the molecule is CN(CC1CC1)S(=O)(=O)c1cc(Cl)c(Br)c(N)c1F. The van der Waals surface area contributed by atoms with E-state index in [1.54, 1.807) is 0 Å². The quantitative estimate of drug-likeness (QED) is 0.654. The van der Waals surface area contributed by atoms with E-state index in [-0.39, 0.29) is 15.2 Å². The van der Waals surface area contributed by atoms with Gasteiger partial charge in [0.2, 0.25) is 10.0 Å². The molecule has 106 valence electrons. The summed E-state index contributed by atoms with van der Waals surface area (Å²) in [6.07, 6.45) is 2.01. The Bertz CT molecular complexity index is 620. The van der Waals surface area contributed by atoms with Gasteiger partial charge in [0.15, 0.2) is 5.82 Å². The van der Waals surface area contributed by atoms with Gasteiger partial charge in [-0.15, -0.1) is 0 Å². The molecule has 0 spiro atoms. The van der Waals surface area contributed by atoms with Crippen molar-refractivity contribution in [2.45, 2.75) is 17.7 Å². The van der Waals surface area contributed by atoms with E-state index in [0.29, 0.717) is 12.5 Å². The van der Waals surface area contributed by atoms with Crippen LogP contribution in [0.25, 0.3) is 0 Å². The summed E-state index contributed by atoms with van der Waals surface area (Å²) in [5.41, 5.74) is 5.20. The second kappa shape index (κ2) is 5.20. The summed E-state index contributed by atoms with van der Waals surface area (Å²) in [5, 5.41) is 0.0669. The second-order valence-corrected chi connectivity index (χ2v) is 7.84. The molecule has 0 heterocycles. The molecule has 0 saturated heterocycles. The Morgan fingerprint density at radius 1 is 1.58 bits per heavy atom. The lowest BCUT2D eigenvalue weighted by Gasteiger charge is -2.18. The fraction of sp³-hybridized carbons (Fsp3) is 0.455. The van der Waals surface area contributed by atoms with E-state index >= 15 is 0 Å². The smallest absolute Gasteiger partial charge is 0.245 e. The van der Waals surface area contributed by atoms with Gasteiger partial charge in [-0.25, -0.2) is 17.1 Å².